The Morgan fingerprint density at radius 3 is 2.82 bits per heavy atom. The minimum Gasteiger partial charge on any atom is -0.380 e. The van der Waals surface area contributed by atoms with Gasteiger partial charge in [-0.1, -0.05) is 13.8 Å². The third-order valence-corrected chi connectivity index (χ3v) is 2.51. The summed E-state index contributed by atoms with van der Waals surface area (Å²) < 4.78 is 5.42. The normalized spacial score (nSPS) is 28.4. The zero-order valence-electron chi connectivity index (χ0n) is 7.68. The Morgan fingerprint density at radius 1 is 1.36 bits per heavy atom. The maximum Gasteiger partial charge on any atom is 0.0593 e. The molecule has 0 radical (unpaired) electrons. The van der Waals surface area contributed by atoms with E-state index in [2.05, 4.69) is 18.7 Å². The average molecular weight is 157 g/mol. The van der Waals surface area contributed by atoms with Gasteiger partial charge < -0.3 is 4.74 Å². The van der Waals surface area contributed by atoms with Gasteiger partial charge in [0.05, 0.1) is 6.61 Å². The van der Waals surface area contributed by atoms with Crippen LogP contribution < -0.4 is 0 Å². The van der Waals surface area contributed by atoms with Crippen molar-refractivity contribution in [2.75, 3.05) is 26.3 Å². The predicted octanol–water partition coefficient (Wildman–Crippen LogP) is 1.51. The van der Waals surface area contributed by atoms with Crippen LogP contribution in [0.5, 0.6) is 0 Å². The maximum atomic E-state index is 5.42. The zero-order chi connectivity index (χ0) is 8.10. The van der Waals surface area contributed by atoms with E-state index in [0.717, 1.165) is 25.8 Å². The number of ether oxygens (including phenoxy) is 1. The first kappa shape index (κ1) is 9.01. The SMILES string of the molecule is CCC1CCOCCN1CC. The van der Waals surface area contributed by atoms with Crippen LogP contribution in [0.2, 0.25) is 0 Å². The quantitative estimate of drug-likeness (QED) is 0.602. The van der Waals surface area contributed by atoms with Crippen LogP contribution in [0.4, 0.5) is 0 Å². The molecule has 0 amide bonds. The summed E-state index contributed by atoms with van der Waals surface area (Å²) >= 11 is 0. The Kier molecular flexibility index (Phi) is 3.87. The molecule has 2 heteroatoms. The van der Waals surface area contributed by atoms with Gasteiger partial charge in [0.25, 0.3) is 0 Å². The molecule has 1 atom stereocenters. The second-order valence-corrected chi connectivity index (χ2v) is 3.09. The molecule has 0 spiro atoms. The van der Waals surface area contributed by atoms with Crippen molar-refractivity contribution < 1.29 is 4.74 Å². The second-order valence-electron chi connectivity index (χ2n) is 3.09. The summed E-state index contributed by atoms with van der Waals surface area (Å²) in [5.74, 6) is 0. The first-order chi connectivity index (χ1) is 5.38. The lowest BCUT2D eigenvalue weighted by molar-refractivity contribution is 0.141. The molecule has 0 aromatic rings. The fourth-order valence-corrected chi connectivity index (χ4v) is 1.75. The minimum absolute atomic E-state index is 0.766. The van der Waals surface area contributed by atoms with E-state index in [-0.39, 0.29) is 0 Å². The lowest BCUT2D eigenvalue weighted by Gasteiger charge is -2.26. The van der Waals surface area contributed by atoms with Crippen molar-refractivity contribution in [1.29, 1.82) is 0 Å². The molecule has 1 aliphatic rings. The van der Waals surface area contributed by atoms with E-state index in [1.165, 1.54) is 19.4 Å². The van der Waals surface area contributed by atoms with Crippen LogP contribution in [0.25, 0.3) is 0 Å². The molecule has 0 bridgehead atoms. The van der Waals surface area contributed by atoms with E-state index >= 15 is 0 Å². The van der Waals surface area contributed by atoms with Crippen molar-refractivity contribution >= 4 is 0 Å². The summed E-state index contributed by atoms with van der Waals surface area (Å²) in [5.41, 5.74) is 0. The van der Waals surface area contributed by atoms with Crippen LogP contribution >= 0.6 is 0 Å². The number of nitrogens with zero attached hydrogens (tertiary/aromatic N) is 1. The molecule has 66 valence electrons. The van der Waals surface area contributed by atoms with Gasteiger partial charge in [-0.15, -0.1) is 0 Å². The Labute approximate surface area is 69.5 Å². The summed E-state index contributed by atoms with van der Waals surface area (Å²) in [5, 5.41) is 0. The molecule has 1 aliphatic heterocycles. The fraction of sp³-hybridized carbons (Fsp3) is 1.00. The lowest BCUT2D eigenvalue weighted by atomic mass is 10.1. The van der Waals surface area contributed by atoms with E-state index in [1.807, 2.05) is 0 Å². The third-order valence-electron chi connectivity index (χ3n) is 2.51. The van der Waals surface area contributed by atoms with Crippen LogP contribution in [-0.4, -0.2) is 37.2 Å². The second kappa shape index (κ2) is 4.73. The lowest BCUT2D eigenvalue weighted by Crippen LogP contribution is -2.35. The maximum absolute atomic E-state index is 5.42. The summed E-state index contributed by atoms with van der Waals surface area (Å²) in [4.78, 5) is 2.52. The summed E-state index contributed by atoms with van der Waals surface area (Å²) in [6.45, 7) is 8.66. The van der Waals surface area contributed by atoms with Crippen molar-refractivity contribution in [3.8, 4) is 0 Å². The fourth-order valence-electron chi connectivity index (χ4n) is 1.75. The highest BCUT2D eigenvalue weighted by Crippen LogP contribution is 2.11. The highest BCUT2D eigenvalue weighted by atomic mass is 16.5. The van der Waals surface area contributed by atoms with E-state index in [4.69, 9.17) is 4.74 Å². The largest absolute Gasteiger partial charge is 0.380 e. The highest BCUT2D eigenvalue weighted by molar-refractivity contribution is 4.71. The van der Waals surface area contributed by atoms with Crippen LogP contribution in [0.3, 0.4) is 0 Å². The average Bonchev–Trinajstić information content (AvgIpc) is 2.27. The summed E-state index contributed by atoms with van der Waals surface area (Å²) in [7, 11) is 0. The molecule has 0 saturated carbocycles. The van der Waals surface area contributed by atoms with E-state index < -0.39 is 0 Å². The van der Waals surface area contributed by atoms with Crippen LogP contribution in [0, 0.1) is 0 Å². The molecule has 1 heterocycles. The Morgan fingerprint density at radius 2 is 2.18 bits per heavy atom. The first-order valence-corrected chi connectivity index (χ1v) is 4.70. The van der Waals surface area contributed by atoms with Crippen LogP contribution in [0.1, 0.15) is 26.7 Å². The monoisotopic (exact) mass is 157 g/mol. The van der Waals surface area contributed by atoms with E-state index in [1.54, 1.807) is 0 Å². The van der Waals surface area contributed by atoms with Crippen molar-refractivity contribution in [2.24, 2.45) is 0 Å². The van der Waals surface area contributed by atoms with E-state index in [9.17, 15) is 0 Å². The van der Waals surface area contributed by atoms with Gasteiger partial charge >= 0.3 is 0 Å². The molecule has 1 unspecified atom stereocenters. The Bertz CT molecular complexity index is 93.7. The van der Waals surface area contributed by atoms with Gasteiger partial charge in [-0.2, -0.15) is 0 Å². The van der Waals surface area contributed by atoms with Crippen LogP contribution in [-0.2, 0) is 4.74 Å². The molecule has 0 aromatic carbocycles. The first-order valence-electron chi connectivity index (χ1n) is 4.70. The standard InChI is InChI=1S/C9H19NO/c1-3-9-5-7-11-8-6-10(9)4-2/h9H,3-8H2,1-2H3. The van der Waals surface area contributed by atoms with Gasteiger partial charge in [0, 0.05) is 19.2 Å². The Hall–Kier alpha value is -0.0800. The summed E-state index contributed by atoms with van der Waals surface area (Å²) in [6, 6.07) is 0.766. The smallest absolute Gasteiger partial charge is 0.0593 e. The zero-order valence-corrected chi connectivity index (χ0v) is 7.68. The Balaban J connectivity index is 2.41. The molecular formula is C9H19NO. The molecule has 0 aliphatic carbocycles. The third kappa shape index (κ3) is 2.46. The minimum atomic E-state index is 0.766. The molecule has 1 fully saturated rings. The topological polar surface area (TPSA) is 12.5 Å². The van der Waals surface area contributed by atoms with Crippen molar-refractivity contribution in [2.45, 2.75) is 32.7 Å². The molecule has 11 heavy (non-hydrogen) atoms. The predicted molar refractivity (Wildman–Crippen MR) is 46.8 cm³/mol. The number of hydrogen-bond donors (Lipinski definition) is 0. The van der Waals surface area contributed by atoms with Gasteiger partial charge in [-0.3, -0.25) is 4.90 Å². The van der Waals surface area contributed by atoms with Gasteiger partial charge in [-0.05, 0) is 19.4 Å². The molecule has 1 saturated heterocycles. The van der Waals surface area contributed by atoms with Gasteiger partial charge in [0.15, 0.2) is 0 Å². The molecular weight excluding hydrogens is 138 g/mol. The van der Waals surface area contributed by atoms with E-state index in [0.29, 0.717) is 0 Å². The molecule has 0 aromatic heterocycles. The number of rotatable bonds is 2. The summed E-state index contributed by atoms with van der Waals surface area (Å²) in [6.07, 6.45) is 2.47. The van der Waals surface area contributed by atoms with Gasteiger partial charge in [0.1, 0.15) is 0 Å². The van der Waals surface area contributed by atoms with Gasteiger partial charge in [0.2, 0.25) is 0 Å². The molecule has 0 N–H and O–H groups in total. The molecule has 2 nitrogen and oxygen atoms in total. The number of hydrogen-bond acceptors (Lipinski definition) is 2. The van der Waals surface area contributed by atoms with Crippen molar-refractivity contribution in [3.63, 3.8) is 0 Å². The highest BCUT2D eigenvalue weighted by Gasteiger charge is 2.17. The van der Waals surface area contributed by atoms with Crippen LogP contribution in [0.15, 0.2) is 0 Å². The van der Waals surface area contributed by atoms with Crippen molar-refractivity contribution in [3.05, 3.63) is 0 Å². The number of likely N-dealkylation sites (N-methyl/N-ethyl adjacent to an activating group) is 1. The van der Waals surface area contributed by atoms with Gasteiger partial charge in [-0.25, -0.2) is 0 Å². The van der Waals surface area contributed by atoms with Crippen molar-refractivity contribution in [1.82, 2.24) is 4.90 Å². The molecule has 1 rings (SSSR count).